The van der Waals surface area contributed by atoms with Gasteiger partial charge in [0.25, 0.3) is 0 Å². The van der Waals surface area contributed by atoms with Gasteiger partial charge in [0.1, 0.15) is 0 Å². The molecular formula is C38H34N2O4. The van der Waals surface area contributed by atoms with Crippen molar-refractivity contribution >= 4 is 40.6 Å². The Hall–Kier alpha value is -4.58. The summed E-state index contributed by atoms with van der Waals surface area (Å²) in [6, 6.07) is 21.6. The molecule has 0 unspecified atom stereocenters. The highest BCUT2D eigenvalue weighted by molar-refractivity contribution is 6.25. The van der Waals surface area contributed by atoms with E-state index in [9.17, 15) is 19.2 Å². The zero-order valence-electron chi connectivity index (χ0n) is 25.3. The maximum absolute atomic E-state index is 14.5. The number of fused-ring (bicyclic) bond motifs is 1. The average molecular weight is 583 g/mol. The second-order valence-corrected chi connectivity index (χ2v) is 13.3. The van der Waals surface area contributed by atoms with E-state index in [-0.39, 0.29) is 41.4 Å². The van der Waals surface area contributed by atoms with E-state index in [0.29, 0.717) is 17.8 Å². The summed E-state index contributed by atoms with van der Waals surface area (Å²) in [5, 5.41) is 0. The van der Waals surface area contributed by atoms with Crippen LogP contribution in [0.5, 0.6) is 0 Å². The van der Waals surface area contributed by atoms with Crippen LogP contribution in [0.25, 0.3) is 5.57 Å². The van der Waals surface area contributed by atoms with E-state index in [0.717, 1.165) is 39.0 Å². The van der Waals surface area contributed by atoms with Crippen molar-refractivity contribution in [1.82, 2.24) is 0 Å². The van der Waals surface area contributed by atoms with E-state index in [1.807, 2.05) is 82.3 Å². The molecule has 2 bridgehead atoms. The van der Waals surface area contributed by atoms with Gasteiger partial charge in [0.2, 0.25) is 23.6 Å². The summed E-state index contributed by atoms with van der Waals surface area (Å²) in [6.07, 6.45) is 4.60. The van der Waals surface area contributed by atoms with Crippen LogP contribution in [0.15, 0.2) is 84.5 Å². The standard InChI is InChI=1S/C38H34N2O4/c1-19-10-14-28(21(3)16-19)39-35(41)27-18-26(23-8-6-5-7-9-23)30-24-12-13-25(31(30)34(27)38(39)44)33-32(24)36(42)40(37(33)43)29-15-11-20(2)17-22(29)4/h5-17,24-25,27,31-34H,18H2,1-4H3/t24-,25+,27-,31-,32+,33+,34+/m0/s1. The summed E-state index contributed by atoms with van der Waals surface area (Å²) >= 11 is 0. The largest absolute Gasteiger partial charge is 0.274 e. The monoisotopic (exact) mass is 582 g/mol. The summed E-state index contributed by atoms with van der Waals surface area (Å²) in [7, 11) is 0. The zero-order chi connectivity index (χ0) is 30.6. The maximum Gasteiger partial charge on any atom is 0.238 e. The van der Waals surface area contributed by atoms with Crippen molar-refractivity contribution in [3.05, 3.63) is 112 Å². The summed E-state index contributed by atoms with van der Waals surface area (Å²) in [5.74, 6) is -3.93. The molecule has 0 radical (unpaired) electrons. The predicted octanol–water partition coefficient (Wildman–Crippen LogP) is 6.12. The molecule has 3 aromatic rings. The van der Waals surface area contributed by atoms with Crippen molar-refractivity contribution in [2.24, 2.45) is 41.4 Å². The second kappa shape index (κ2) is 9.46. The Kier molecular flexibility index (Phi) is 5.80. The van der Waals surface area contributed by atoms with Crippen molar-refractivity contribution in [3.63, 3.8) is 0 Å². The number of hydrogen-bond donors (Lipinski definition) is 0. The van der Waals surface area contributed by atoms with E-state index < -0.39 is 23.7 Å². The normalized spacial score (nSPS) is 30.3. The molecule has 1 saturated carbocycles. The molecule has 6 heteroatoms. The van der Waals surface area contributed by atoms with Crippen LogP contribution < -0.4 is 9.80 Å². The first-order valence-electron chi connectivity index (χ1n) is 15.5. The first-order chi connectivity index (χ1) is 21.2. The van der Waals surface area contributed by atoms with Gasteiger partial charge in [0.05, 0.1) is 35.0 Å². The Morgan fingerprint density at radius 1 is 0.591 bits per heavy atom. The Bertz CT molecular complexity index is 1870. The van der Waals surface area contributed by atoms with Crippen molar-refractivity contribution in [3.8, 4) is 0 Å². The van der Waals surface area contributed by atoms with Crippen LogP contribution in [0.3, 0.4) is 0 Å². The second-order valence-electron chi connectivity index (χ2n) is 13.3. The first-order valence-corrected chi connectivity index (χ1v) is 15.5. The molecule has 0 spiro atoms. The average Bonchev–Trinajstić information content (AvgIpc) is 3.43. The number of amides is 4. The van der Waals surface area contributed by atoms with Crippen molar-refractivity contribution in [2.75, 3.05) is 9.80 Å². The van der Waals surface area contributed by atoms with Crippen LogP contribution in [-0.2, 0) is 19.2 Å². The van der Waals surface area contributed by atoms with E-state index in [4.69, 9.17) is 0 Å². The van der Waals surface area contributed by atoms with Gasteiger partial charge in [0, 0.05) is 11.8 Å². The van der Waals surface area contributed by atoms with Crippen LogP contribution in [0.4, 0.5) is 11.4 Å². The topological polar surface area (TPSA) is 74.8 Å². The van der Waals surface area contributed by atoms with Crippen LogP contribution in [0.1, 0.15) is 34.2 Å². The number of carbonyl (C=O) groups excluding carboxylic acids is 4. The minimum Gasteiger partial charge on any atom is -0.274 e. The Balaban J connectivity index is 1.29. The molecule has 44 heavy (non-hydrogen) atoms. The van der Waals surface area contributed by atoms with Crippen LogP contribution >= 0.6 is 0 Å². The third kappa shape index (κ3) is 3.54. The Morgan fingerprint density at radius 2 is 1.16 bits per heavy atom. The molecule has 3 fully saturated rings. The SMILES string of the molecule is Cc1ccc(N2C(=O)[C@@H]3[C@@H]4C=C[C@@H](C5=C(c6ccccc6)C[C@@H]6C(=O)N(c7ccc(C)cc7C)C(=O)[C@H]6[C@H]54)[C@H]3C2=O)c(C)c1. The fourth-order valence-electron chi connectivity index (χ4n) is 9.10. The molecule has 2 heterocycles. The maximum atomic E-state index is 14.5. The van der Waals surface area contributed by atoms with Crippen LogP contribution in [-0.4, -0.2) is 23.6 Å². The molecule has 2 aliphatic heterocycles. The van der Waals surface area contributed by atoms with E-state index in [2.05, 4.69) is 24.3 Å². The van der Waals surface area contributed by atoms with Crippen LogP contribution in [0.2, 0.25) is 0 Å². The van der Waals surface area contributed by atoms with Gasteiger partial charge in [-0.25, -0.2) is 9.80 Å². The smallest absolute Gasteiger partial charge is 0.238 e. The van der Waals surface area contributed by atoms with Crippen LogP contribution in [0, 0.1) is 69.1 Å². The number of anilines is 2. The molecule has 2 saturated heterocycles. The third-order valence-corrected chi connectivity index (χ3v) is 10.8. The lowest BCUT2D eigenvalue weighted by Crippen LogP contribution is -2.51. The lowest BCUT2D eigenvalue weighted by atomic mass is 9.49. The lowest BCUT2D eigenvalue weighted by Gasteiger charge is -2.51. The molecule has 6 aliphatic rings. The molecule has 6 nitrogen and oxygen atoms in total. The molecular weight excluding hydrogens is 548 g/mol. The van der Waals surface area contributed by atoms with Gasteiger partial charge in [-0.15, -0.1) is 0 Å². The number of nitrogens with zero attached hydrogens (tertiary/aromatic N) is 2. The highest BCUT2D eigenvalue weighted by Crippen LogP contribution is 2.63. The van der Waals surface area contributed by atoms with E-state index >= 15 is 0 Å². The quantitative estimate of drug-likeness (QED) is 0.276. The van der Waals surface area contributed by atoms with Gasteiger partial charge in [0.15, 0.2) is 0 Å². The van der Waals surface area contributed by atoms with Gasteiger partial charge >= 0.3 is 0 Å². The number of carbonyl (C=O) groups is 4. The number of benzene rings is 3. The third-order valence-electron chi connectivity index (χ3n) is 10.8. The Labute approximate surface area is 257 Å². The Morgan fingerprint density at radius 3 is 1.77 bits per heavy atom. The number of imide groups is 2. The fraction of sp³-hybridized carbons (Fsp3) is 0.316. The molecule has 9 rings (SSSR count). The minimum absolute atomic E-state index is 0.169. The first kappa shape index (κ1) is 27.0. The molecule has 0 N–H and O–H groups in total. The van der Waals surface area contributed by atoms with Gasteiger partial charge in [-0.2, -0.15) is 0 Å². The predicted molar refractivity (Wildman–Crippen MR) is 168 cm³/mol. The summed E-state index contributed by atoms with van der Waals surface area (Å²) in [6.45, 7) is 7.86. The van der Waals surface area contributed by atoms with Gasteiger partial charge in [-0.3, -0.25) is 19.2 Å². The number of aryl methyl sites for hydroxylation is 4. The number of allylic oxidation sites excluding steroid dienone is 4. The molecule has 4 amide bonds. The molecule has 0 aromatic heterocycles. The highest BCUT2D eigenvalue weighted by atomic mass is 16.2. The summed E-state index contributed by atoms with van der Waals surface area (Å²) < 4.78 is 0. The van der Waals surface area contributed by atoms with Gasteiger partial charge < -0.3 is 0 Å². The van der Waals surface area contributed by atoms with Crippen molar-refractivity contribution in [2.45, 2.75) is 34.1 Å². The summed E-state index contributed by atoms with van der Waals surface area (Å²) in [5.41, 5.74) is 8.28. The van der Waals surface area contributed by atoms with Gasteiger partial charge in [-0.1, -0.05) is 83.4 Å². The number of hydrogen-bond acceptors (Lipinski definition) is 4. The van der Waals surface area contributed by atoms with Crippen molar-refractivity contribution < 1.29 is 19.2 Å². The molecule has 3 aromatic carbocycles. The summed E-state index contributed by atoms with van der Waals surface area (Å²) in [4.78, 5) is 60.0. The molecule has 7 atom stereocenters. The van der Waals surface area contributed by atoms with Gasteiger partial charge in [-0.05, 0) is 74.4 Å². The number of rotatable bonds is 3. The van der Waals surface area contributed by atoms with Crippen molar-refractivity contribution in [1.29, 1.82) is 0 Å². The molecule has 4 aliphatic carbocycles. The highest BCUT2D eigenvalue weighted by Gasteiger charge is 2.67. The molecule has 220 valence electrons. The fourth-order valence-corrected chi connectivity index (χ4v) is 9.10. The minimum atomic E-state index is -0.581. The lowest BCUT2D eigenvalue weighted by molar-refractivity contribution is -0.129. The van der Waals surface area contributed by atoms with E-state index in [1.165, 1.54) is 9.80 Å². The zero-order valence-corrected chi connectivity index (χ0v) is 25.3. The van der Waals surface area contributed by atoms with E-state index in [1.54, 1.807) is 0 Å².